The normalized spacial score (nSPS) is 12.8. The first-order valence-corrected chi connectivity index (χ1v) is 4.27. The predicted octanol–water partition coefficient (Wildman–Crippen LogP) is 1.93. The minimum absolute atomic E-state index is 0.233. The van der Waals surface area contributed by atoms with Gasteiger partial charge in [-0.2, -0.15) is 0 Å². The molecular formula is C10H18O2. The topological polar surface area (TPSA) is 37.3 Å². The molecule has 0 atom stereocenters. The summed E-state index contributed by atoms with van der Waals surface area (Å²) in [7, 11) is 0. The Bertz CT molecular complexity index is 173. The van der Waals surface area contributed by atoms with Gasteiger partial charge in [0.25, 0.3) is 0 Å². The van der Waals surface area contributed by atoms with E-state index in [9.17, 15) is 9.90 Å². The highest BCUT2D eigenvalue weighted by Gasteiger charge is 2.20. The average Bonchev–Trinajstić information content (AvgIpc) is 1.84. The van der Waals surface area contributed by atoms with Crippen LogP contribution in [0, 0.1) is 5.92 Å². The summed E-state index contributed by atoms with van der Waals surface area (Å²) in [4.78, 5) is 11.1. The molecule has 0 aromatic heterocycles. The summed E-state index contributed by atoms with van der Waals surface area (Å²) in [5.74, 6) is 0.319. The molecule has 0 heterocycles. The van der Waals surface area contributed by atoms with E-state index in [4.69, 9.17) is 0 Å². The van der Waals surface area contributed by atoms with Gasteiger partial charge in [-0.25, -0.2) is 0 Å². The summed E-state index contributed by atoms with van der Waals surface area (Å²) >= 11 is 0. The van der Waals surface area contributed by atoms with Crippen LogP contribution in [0.5, 0.6) is 0 Å². The first-order chi connectivity index (χ1) is 5.34. The van der Waals surface area contributed by atoms with Crippen molar-refractivity contribution in [2.24, 2.45) is 5.92 Å². The van der Waals surface area contributed by atoms with Crippen molar-refractivity contribution < 1.29 is 9.90 Å². The van der Waals surface area contributed by atoms with E-state index in [1.165, 1.54) is 19.9 Å². The Balaban J connectivity index is 3.93. The van der Waals surface area contributed by atoms with Gasteiger partial charge in [0.1, 0.15) is 5.60 Å². The van der Waals surface area contributed by atoms with Crippen LogP contribution in [0.25, 0.3) is 0 Å². The van der Waals surface area contributed by atoms with Gasteiger partial charge in [0, 0.05) is 0 Å². The molecule has 0 amide bonds. The van der Waals surface area contributed by atoms with Crippen molar-refractivity contribution in [3.63, 3.8) is 0 Å². The summed E-state index contributed by atoms with van der Waals surface area (Å²) in [5.41, 5.74) is -1.23. The Morgan fingerprint density at radius 3 is 2.33 bits per heavy atom. The van der Waals surface area contributed by atoms with Crippen LogP contribution in [0.4, 0.5) is 0 Å². The van der Waals surface area contributed by atoms with Crippen LogP contribution in [0.15, 0.2) is 12.2 Å². The lowest BCUT2D eigenvalue weighted by Crippen LogP contribution is -2.29. The molecule has 0 radical (unpaired) electrons. The lowest BCUT2D eigenvalue weighted by molar-refractivity contribution is -0.128. The van der Waals surface area contributed by atoms with Gasteiger partial charge in [0.05, 0.1) is 0 Å². The van der Waals surface area contributed by atoms with Crippen LogP contribution in [-0.2, 0) is 4.79 Å². The highest BCUT2D eigenvalue weighted by Crippen LogP contribution is 2.05. The molecule has 0 aromatic carbocycles. The smallest absolute Gasteiger partial charge is 0.186 e. The molecule has 1 N–H and O–H groups in total. The van der Waals surface area contributed by atoms with Gasteiger partial charge in [-0.15, -0.1) is 0 Å². The summed E-state index contributed by atoms with van der Waals surface area (Å²) < 4.78 is 0. The van der Waals surface area contributed by atoms with E-state index in [1.54, 1.807) is 0 Å². The van der Waals surface area contributed by atoms with E-state index in [1.807, 2.05) is 6.08 Å². The van der Waals surface area contributed by atoms with E-state index < -0.39 is 5.60 Å². The van der Waals surface area contributed by atoms with Gasteiger partial charge >= 0.3 is 0 Å². The Hall–Kier alpha value is -0.630. The quantitative estimate of drug-likeness (QED) is 0.654. The zero-order valence-corrected chi connectivity index (χ0v) is 8.29. The molecule has 2 heteroatoms. The minimum Gasteiger partial charge on any atom is -0.382 e. The molecule has 0 bridgehead atoms. The molecule has 0 fully saturated rings. The number of ketones is 1. The van der Waals surface area contributed by atoms with Gasteiger partial charge in [0.2, 0.25) is 0 Å². The van der Waals surface area contributed by atoms with E-state index in [2.05, 4.69) is 13.8 Å². The largest absolute Gasteiger partial charge is 0.382 e. The number of allylic oxidation sites excluding steroid dienone is 1. The van der Waals surface area contributed by atoms with Crippen LogP contribution in [-0.4, -0.2) is 16.5 Å². The second kappa shape index (κ2) is 4.41. The van der Waals surface area contributed by atoms with Crippen molar-refractivity contribution in [2.75, 3.05) is 0 Å². The number of hydrogen-bond donors (Lipinski definition) is 1. The van der Waals surface area contributed by atoms with E-state index >= 15 is 0 Å². The molecule has 0 rings (SSSR count). The van der Waals surface area contributed by atoms with Crippen molar-refractivity contribution in [3.05, 3.63) is 12.2 Å². The molecule has 0 aliphatic rings. The standard InChI is InChI=1S/C10H18O2/c1-8(2)6-5-7-9(11)10(3,4)12/h5,7-8,12H,6H2,1-4H3/b7-5+. The maximum absolute atomic E-state index is 11.1. The first-order valence-electron chi connectivity index (χ1n) is 4.27. The van der Waals surface area contributed by atoms with Gasteiger partial charge in [0.15, 0.2) is 5.78 Å². The Labute approximate surface area is 74.3 Å². The molecule has 70 valence electrons. The Kier molecular flexibility index (Phi) is 4.18. The van der Waals surface area contributed by atoms with Gasteiger partial charge in [-0.1, -0.05) is 19.9 Å². The molecule has 0 unspecified atom stereocenters. The first kappa shape index (κ1) is 11.4. The zero-order chi connectivity index (χ0) is 9.78. The Morgan fingerprint density at radius 2 is 2.00 bits per heavy atom. The van der Waals surface area contributed by atoms with Crippen molar-refractivity contribution in [3.8, 4) is 0 Å². The molecule has 0 spiro atoms. The van der Waals surface area contributed by atoms with Gasteiger partial charge in [-0.3, -0.25) is 4.79 Å². The van der Waals surface area contributed by atoms with Gasteiger partial charge < -0.3 is 5.11 Å². The number of carbonyl (C=O) groups is 1. The van der Waals surface area contributed by atoms with Crippen LogP contribution in [0.3, 0.4) is 0 Å². The van der Waals surface area contributed by atoms with Crippen molar-refractivity contribution in [1.29, 1.82) is 0 Å². The lowest BCUT2D eigenvalue weighted by atomic mass is 10.0. The average molecular weight is 170 g/mol. The fraction of sp³-hybridized carbons (Fsp3) is 0.700. The highest BCUT2D eigenvalue weighted by molar-refractivity contribution is 5.95. The second-order valence-electron chi connectivity index (χ2n) is 3.96. The van der Waals surface area contributed by atoms with Crippen molar-refractivity contribution in [2.45, 2.75) is 39.7 Å². The third kappa shape index (κ3) is 5.08. The summed E-state index contributed by atoms with van der Waals surface area (Å²) in [6.45, 7) is 7.15. The number of hydrogen-bond acceptors (Lipinski definition) is 2. The molecule has 0 aliphatic carbocycles. The van der Waals surface area contributed by atoms with E-state index in [0.717, 1.165) is 6.42 Å². The molecule has 0 aliphatic heterocycles. The Morgan fingerprint density at radius 1 is 1.50 bits per heavy atom. The van der Waals surface area contributed by atoms with Crippen molar-refractivity contribution in [1.82, 2.24) is 0 Å². The van der Waals surface area contributed by atoms with Crippen LogP contribution < -0.4 is 0 Å². The summed E-state index contributed by atoms with van der Waals surface area (Å²) in [6, 6.07) is 0. The number of carbonyl (C=O) groups excluding carboxylic acids is 1. The van der Waals surface area contributed by atoms with Crippen LogP contribution in [0.2, 0.25) is 0 Å². The maximum Gasteiger partial charge on any atom is 0.186 e. The molecule has 0 aromatic rings. The van der Waals surface area contributed by atoms with Gasteiger partial charge in [-0.05, 0) is 32.3 Å². The van der Waals surface area contributed by atoms with Crippen molar-refractivity contribution >= 4 is 5.78 Å². The summed E-state index contributed by atoms with van der Waals surface area (Å²) in [5, 5.41) is 9.25. The third-order valence-corrected chi connectivity index (χ3v) is 1.48. The predicted molar refractivity (Wildman–Crippen MR) is 49.9 cm³/mol. The summed E-state index contributed by atoms with van der Waals surface area (Å²) in [6.07, 6.45) is 4.15. The lowest BCUT2D eigenvalue weighted by Gasteiger charge is -2.11. The molecule has 2 nitrogen and oxygen atoms in total. The minimum atomic E-state index is -1.23. The maximum atomic E-state index is 11.1. The fourth-order valence-corrected chi connectivity index (χ4v) is 0.651. The SMILES string of the molecule is CC(C)C/C=C/C(=O)C(C)(C)O. The number of rotatable bonds is 4. The second-order valence-corrected chi connectivity index (χ2v) is 3.96. The molecule has 12 heavy (non-hydrogen) atoms. The number of aliphatic hydroxyl groups is 1. The van der Waals surface area contributed by atoms with E-state index in [0.29, 0.717) is 5.92 Å². The molecular weight excluding hydrogens is 152 g/mol. The van der Waals surface area contributed by atoms with Crippen LogP contribution in [0.1, 0.15) is 34.1 Å². The highest BCUT2D eigenvalue weighted by atomic mass is 16.3. The fourth-order valence-electron chi connectivity index (χ4n) is 0.651. The molecule has 0 saturated carbocycles. The zero-order valence-electron chi connectivity index (χ0n) is 8.29. The molecule has 0 saturated heterocycles. The third-order valence-electron chi connectivity index (χ3n) is 1.48. The van der Waals surface area contributed by atoms with Crippen LogP contribution >= 0.6 is 0 Å². The van der Waals surface area contributed by atoms with E-state index in [-0.39, 0.29) is 5.78 Å². The monoisotopic (exact) mass is 170 g/mol.